The lowest BCUT2D eigenvalue weighted by molar-refractivity contribution is 0.0273. The first-order valence-electron chi connectivity index (χ1n) is 6.04. The zero-order valence-corrected chi connectivity index (χ0v) is 9.73. The zero-order chi connectivity index (χ0) is 11.7. The third-order valence-electron chi connectivity index (χ3n) is 3.48. The van der Waals surface area contributed by atoms with E-state index in [2.05, 4.69) is 30.3 Å². The Morgan fingerprint density at radius 1 is 1.12 bits per heavy atom. The molecule has 0 amide bonds. The maximum absolute atomic E-state index is 10.4. The van der Waals surface area contributed by atoms with Crippen molar-refractivity contribution in [3.8, 4) is 0 Å². The van der Waals surface area contributed by atoms with Gasteiger partial charge in [0.2, 0.25) is 0 Å². The van der Waals surface area contributed by atoms with Crippen molar-refractivity contribution in [2.24, 2.45) is 0 Å². The smallest absolute Gasteiger partial charge is 0.0942 e. The van der Waals surface area contributed by atoms with Crippen LogP contribution in [0.15, 0.2) is 42.5 Å². The molecular formula is C15H16O2. The molecule has 1 aliphatic heterocycles. The number of benzene rings is 2. The van der Waals surface area contributed by atoms with Gasteiger partial charge < -0.3 is 9.84 Å². The minimum atomic E-state index is -0.676. The Morgan fingerprint density at radius 3 is 2.76 bits per heavy atom. The summed E-state index contributed by atoms with van der Waals surface area (Å²) in [6.45, 7) is 1.12. The summed E-state index contributed by atoms with van der Waals surface area (Å²) < 4.78 is 5.29. The molecule has 0 radical (unpaired) electrons. The molecule has 2 aromatic carbocycles. The fourth-order valence-electron chi connectivity index (χ4n) is 2.54. The summed E-state index contributed by atoms with van der Waals surface area (Å²) in [4.78, 5) is 0. The van der Waals surface area contributed by atoms with Crippen molar-refractivity contribution >= 4 is 10.8 Å². The standard InChI is InChI=1S/C15H16O2/c16-15(8-9-17-11-15)10-13-6-3-5-12-4-1-2-7-14(12)13/h1-7,16H,8-11H2. The van der Waals surface area contributed by atoms with Crippen molar-refractivity contribution in [1.82, 2.24) is 0 Å². The highest BCUT2D eigenvalue weighted by molar-refractivity contribution is 5.85. The number of fused-ring (bicyclic) bond motifs is 1. The highest BCUT2D eigenvalue weighted by Gasteiger charge is 2.32. The van der Waals surface area contributed by atoms with Gasteiger partial charge in [0, 0.05) is 19.4 Å². The molecule has 1 saturated heterocycles. The van der Waals surface area contributed by atoms with Crippen LogP contribution in [0.5, 0.6) is 0 Å². The van der Waals surface area contributed by atoms with E-state index in [0.29, 0.717) is 19.6 Å². The molecule has 0 spiro atoms. The van der Waals surface area contributed by atoms with E-state index in [1.54, 1.807) is 0 Å². The van der Waals surface area contributed by atoms with Crippen molar-refractivity contribution in [1.29, 1.82) is 0 Å². The normalized spacial score (nSPS) is 24.3. The van der Waals surface area contributed by atoms with E-state index in [0.717, 1.165) is 6.42 Å². The molecular weight excluding hydrogens is 212 g/mol. The highest BCUT2D eigenvalue weighted by Crippen LogP contribution is 2.27. The van der Waals surface area contributed by atoms with Crippen LogP contribution in [0.3, 0.4) is 0 Å². The molecule has 1 aliphatic rings. The fraction of sp³-hybridized carbons (Fsp3) is 0.333. The molecule has 1 N–H and O–H groups in total. The van der Waals surface area contributed by atoms with Gasteiger partial charge in [-0.3, -0.25) is 0 Å². The quantitative estimate of drug-likeness (QED) is 0.856. The van der Waals surface area contributed by atoms with Gasteiger partial charge in [0.1, 0.15) is 0 Å². The Morgan fingerprint density at radius 2 is 1.94 bits per heavy atom. The van der Waals surface area contributed by atoms with Crippen molar-refractivity contribution < 1.29 is 9.84 Å². The SMILES string of the molecule is OC1(Cc2cccc3ccccc23)CCOC1. The average Bonchev–Trinajstić information content (AvgIpc) is 2.76. The van der Waals surface area contributed by atoms with Crippen LogP contribution in [0, 0.1) is 0 Å². The van der Waals surface area contributed by atoms with Crippen molar-refractivity contribution in [3.63, 3.8) is 0 Å². The maximum Gasteiger partial charge on any atom is 0.0942 e. The number of hydrogen-bond acceptors (Lipinski definition) is 2. The summed E-state index contributed by atoms with van der Waals surface area (Å²) in [6, 6.07) is 14.6. The summed E-state index contributed by atoms with van der Waals surface area (Å²) in [6.07, 6.45) is 1.41. The van der Waals surface area contributed by atoms with Gasteiger partial charge in [-0.25, -0.2) is 0 Å². The van der Waals surface area contributed by atoms with Gasteiger partial charge in [-0.2, -0.15) is 0 Å². The minimum Gasteiger partial charge on any atom is -0.387 e. The molecule has 1 unspecified atom stereocenters. The second-order valence-electron chi connectivity index (χ2n) is 4.84. The largest absolute Gasteiger partial charge is 0.387 e. The Hall–Kier alpha value is -1.38. The van der Waals surface area contributed by atoms with Gasteiger partial charge >= 0.3 is 0 Å². The summed E-state index contributed by atoms with van der Waals surface area (Å²) in [5.74, 6) is 0. The van der Waals surface area contributed by atoms with Crippen molar-refractivity contribution in [3.05, 3.63) is 48.0 Å². The van der Waals surface area contributed by atoms with Crippen LogP contribution >= 0.6 is 0 Å². The molecule has 1 fully saturated rings. The van der Waals surface area contributed by atoms with E-state index in [1.807, 2.05) is 12.1 Å². The second kappa shape index (κ2) is 4.13. The Kier molecular flexibility index (Phi) is 2.61. The highest BCUT2D eigenvalue weighted by atomic mass is 16.5. The minimum absolute atomic E-state index is 0.455. The lowest BCUT2D eigenvalue weighted by Crippen LogP contribution is -2.31. The van der Waals surface area contributed by atoms with E-state index >= 15 is 0 Å². The van der Waals surface area contributed by atoms with Gasteiger partial charge in [0.15, 0.2) is 0 Å². The van der Waals surface area contributed by atoms with E-state index in [1.165, 1.54) is 16.3 Å². The number of aliphatic hydroxyl groups is 1. The first-order valence-corrected chi connectivity index (χ1v) is 6.04. The second-order valence-corrected chi connectivity index (χ2v) is 4.84. The average molecular weight is 228 g/mol. The van der Waals surface area contributed by atoms with E-state index < -0.39 is 5.60 Å². The molecule has 2 aromatic rings. The van der Waals surface area contributed by atoms with E-state index in [4.69, 9.17) is 4.74 Å². The molecule has 1 heterocycles. The maximum atomic E-state index is 10.4. The molecule has 1 atom stereocenters. The lowest BCUT2D eigenvalue weighted by Gasteiger charge is -2.21. The van der Waals surface area contributed by atoms with E-state index in [9.17, 15) is 5.11 Å². The summed E-state index contributed by atoms with van der Waals surface area (Å²) >= 11 is 0. The van der Waals surface area contributed by atoms with Crippen LogP contribution in [0.2, 0.25) is 0 Å². The lowest BCUT2D eigenvalue weighted by atomic mass is 9.91. The molecule has 0 saturated carbocycles. The summed E-state index contributed by atoms with van der Waals surface area (Å²) in [7, 11) is 0. The van der Waals surface area contributed by atoms with Crippen molar-refractivity contribution in [2.45, 2.75) is 18.4 Å². The summed E-state index contributed by atoms with van der Waals surface area (Å²) in [5, 5.41) is 12.8. The monoisotopic (exact) mass is 228 g/mol. The molecule has 0 aromatic heterocycles. The molecule has 0 bridgehead atoms. The van der Waals surface area contributed by atoms with Gasteiger partial charge in [-0.05, 0) is 16.3 Å². The van der Waals surface area contributed by atoms with Crippen LogP contribution in [-0.4, -0.2) is 23.9 Å². The topological polar surface area (TPSA) is 29.5 Å². The van der Waals surface area contributed by atoms with Crippen LogP contribution in [0.25, 0.3) is 10.8 Å². The number of ether oxygens (including phenoxy) is 1. The number of rotatable bonds is 2. The van der Waals surface area contributed by atoms with Gasteiger partial charge in [-0.15, -0.1) is 0 Å². The third-order valence-corrected chi connectivity index (χ3v) is 3.48. The first-order chi connectivity index (χ1) is 8.27. The third kappa shape index (κ3) is 2.06. The Balaban J connectivity index is 2.00. The molecule has 2 nitrogen and oxygen atoms in total. The molecule has 3 rings (SSSR count). The molecule has 0 aliphatic carbocycles. The predicted octanol–water partition coefficient (Wildman–Crippen LogP) is 2.53. The van der Waals surface area contributed by atoms with Crippen molar-refractivity contribution in [2.75, 3.05) is 13.2 Å². The zero-order valence-electron chi connectivity index (χ0n) is 9.73. The van der Waals surface area contributed by atoms with Gasteiger partial charge in [-0.1, -0.05) is 42.5 Å². The fourth-order valence-corrected chi connectivity index (χ4v) is 2.54. The predicted molar refractivity (Wildman–Crippen MR) is 68.0 cm³/mol. The van der Waals surface area contributed by atoms with E-state index in [-0.39, 0.29) is 0 Å². The molecule has 2 heteroatoms. The van der Waals surface area contributed by atoms with Gasteiger partial charge in [0.05, 0.1) is 12.2 Å². The van der Waals surface area contributed by atoms with Crippen LogP contribution < -0.4 is 0 Å². The van der Waals surface area contributed by atoms with Gasteiger partial charge in [0.25, 0.3) is 0 Å². The molecule has 17 heavy (non-hydrogen) atoms. The Bertz CT molecular complexity index is 522. The van der Waals surface area contributed by atoms with Crippen LogP contribution in [0.1, 0.15) is 12.0 Å². The summed E-state index contributed by atoms with van der Waals surface area (Å²) in [5.41, 5.74) is 0.528. The Labute approximate surface area is 101 Å². The van der Waals surface area contributed by atoms with Crippen LogP contribution in [0.4, 0.5) is 0 Å². The van der Waals surface area contributed by atoms with Crippen LogP contribution in [-0.2, 0) is 11.2 Å². The first kappa shape index (κ1) is 10.8. The number of hydrogen-bond donors (Lipinski definition) is 1. The molecule has 88 valence electrons.